The maximum atomic E-state index is 10.3. The Morgan fingerprint density at radius 3 is 1.50 bits per heavy atom. The summed E-state index contributed by atoms with van der Waals surface area (Å²) in [6.07, 6.45) is 0. The van der Waals surface area contributed by atoms with Gasteiger partial charge in [-0.2, -0.15) is 0 Å². The van der Waals surface area contributed by atoms with Crippen LogP contribution >= 0.6 is 0 Å². The molecular weight excluding hydrogens is 207 g/mol. The van der Waals surface area contributed by atoms with Crippen LogP contribution in [-0.2, 0) is 6.61 Å². The summed E-state index contributed by atoms with van der Waals surface area (Å²) in [7, 11) is 0. The molecule has 0 aliphatic rings. The Hall–Kier alpha value is -0.930. The Morgan fingerprint density at radius 2 is 1.31 bits per heavy atom. The molecule has 0 aliphatic heterocycles. The van der Waals surface area contributed by atoms with Gasteiger partial charge in [-0.25, -0.2) is 0 Å². The van der Waals surface area contributed by atoms with Crippen LogP contribution < -0.4 is 0 Å². The van der Waals surface area contributed by atoms with E-state index in [0.717, 1.165) is 5.56 Å². The highest BCUT2D eigenvalue weighted by molar-refractivity contribution is 5.12. The number of benzene rings is 1. The van der Waals surface area contributed by atoms with Gasteiger partial charge in [-0.3, -0.25) is 4.39 Å². The summed E-state index contributed by atoms with van der Waals surface area (Å²) >= 11 is 0. The minimum atomic E-state index is -0.250. The van der Waals surface area contributed by atoms with Crippen molar-refractivity contribution in [2.75, 3.05) is 13.3 Å². The highest BCUT2D eigenvalue weighted by atomic mass is 19.1. The van der Waals surface area contributed by atoms with Crippen molar-refractivity contribution in [1.82, 2.24) is 0 Å². The van der Waals surface area contributed by atoms with Gasteiger partial charge in [0, 0.05) is 6.61 Å². The van der Waals surface area contributed by atoms with E-state index in [-0.39, 0.29) is 19.9 Å². The van der Waals surface area contributed by atoms with E-state index in [0.29, 0.717) is 0 Å². The first-order chi connectivity index (χ1) is 7.76. The normalized spacial score (nSPS) is 7.19. The lowest BCUT2D eigenvalue weighted by Crippen LogP contribution is -1.77. The zero-order chi connectivity index (χ0) is 13.2. The summed E-state index contributed by atoms with van der Waals surface area (Å²) in [5.41, 5.74) is 0.965. The van der Waals surface area contributed by atoms with Crippen LogP contribution in [0.5, 0.6) is 0 Å². The molecule has 2 nitrogen and oxygen atoms in total. The van der Waals surface area contributed by atoms with Crippen molar-refractivity contribution in [3.63, 3.8) is 0 Å². The van der Waals surface area contributed by atoms with Crippen LogP contribution in [0.15, 0.2) is 30.3 Å². The van der Waals surface area contributed by atoms with Crippen molar-refractivity contribution in [3.8, 4) is 0 Å². The Morgan fingerprint density at radius 1 is 1.00 bits per heavy atom. The van der Waals surface area contributed by atoms with Crippen molar-refractivity contribution in [2.45, 2.75) is 34.3 Å². The van der Waals surface area contributed by atoms with E-state index in [2.05, 4.69) is 0 Å². The van der Waals surface area contributed by atoms with Gasteiger partial charge in [0.05, 0.1) is 13.3 Å². The minimum absolute atomic E-state index is 0.140. The van der Waals surface area contributed by atoms with Crippen LogP contribution in [0.3, 0.4) is 0 Å². The van der Waals surface area contributed by atoms with Crippen LogP contribution in [0.2, 0.25) is 0 Å². The largest absolute Gasteiger partial charge is 0.397 e. The van der Waals surface area contributed by atoms with Gasteiger partial charge in [-0.05, 0) is 19.4 Å². The average Bonchev–Trinajstić information content (AvgIpc) is 2.35. The van der Waals surface area contributed by atoms with E-state index in [9.17, 15) is 4.39 Å². The summed E-state index contributed by atoms with van der Waals surface area (Å²) in [5, 5.41) is 16.1. The molecule has 0 spiro atoms. The molecule has 0 fully saturated rings. The molecule has 0 aliphatic carbocycles. The molecule has 0 aromatic heterocycles. The molecule has 16 heavy (non-hydrogen) atoms. The number of rotatable bonds is 1. The fourth-order valence-corrected chi connectivity index (χ4v) is 0.583. The third kappa shape index (κ3) is 23.1. The number of aliphatic hydroxyl groups is 2. The van der Waals surface area contributed by atoms with E-state index in [1.54, 1.807) is 6.92 Å². The topological polar surface area (TPSA) is 40.5 Å². The van der Waals surface area contributed by atoms with Gasteiger partial charge in [0.15, 0.2) is 0 Å². The number of alkyl halides is 1. The summed E-state index contributed by atoms with van der Waals surface area (Å²) in [6.45, 7) is 7.28. The first-order valence-electron chi connectivity index (χ1n) is 5.58. The molecular formula is C13H25FO2. The number of aliphatic hydroxyl groups excluding tert-OH is 2. The Balaban J connectivity index is -0.000000179. The molecule has 2 N–H and O–H groups in total. The molecule has 0 radical (unpaired) electrons. The molecule has 96 valence electrons. The number of hydrogen-bond acceptors (Lipinski definition) is 2. The fraction of sp³-hybridized carbons (Fsp3) is 0.538. The van der Waals surface area contributed by atoms with Gasteiger partial charge in [-0.1, -0.05) is 44.2 Å². The Bertz CT molecular complexity index is 177. The second-order valence-electron chi connectivity index (χ2n) is 2.23. The maximum Gasteiger partial charge on any atom is 0.0866 e. The lowest BCUT2D eigenvalue weighted by atomic mass is 10.2. The number of hydrogen-bond donors (Lipinski definition) is 2. The predicted molar refractivity (Wildman–Crippen MR) is 68.1 cm³/mol. The molecule has 1 aromatic carbocycles. The molecule has 0 heterocycles. The van der Waals surface area contributed by atoms with Crippen molar-refractivity contribution in [3.05, 3.63) is 35.9 Å². The van der Waals surface area contributed by atoms with Crippen molar-refractivity contribution in [1.29, 1.82) is 0 Å². The van der Waals surface area contributed by atoms with E-state index in [1.165, 1.54) is 6.92 Å². The van der Waals surface area contributed by atoms with Gasteiger partial charge >= 0.3 is 0 Å². The Kier molecular flexibility index (Phi) is 30.3. The molecule has 0 saturated carbocycles. The average molecular weight is 232 g/mol. The third-order valence-corrected chi connectivity index (χ3v) is 1.03. The Labute approximate surface area is 98.8 Å². The summed E-state index contributed by atoms with van der Waals surface area (Å²) in [5.74, 6) is 0. The van der Waals surface area contributed by atoms with Gasteiger partial charge in [0.1, 0.15) is 0 Å². The number of halogens is 1. The van der Waals surface area contributed by atoms with Gasteiger partial charge in [-0.15, -0.1) is 0 Å². The zero-order valence-corrected chi connectivity index (χ0v) is 10.8. The smallest absolute Gasteiger partial charge is 0.0866 e. The maximum absolute atomic E-state index is 10.3. The lowest BCUT2D eigenvalue weighted by molar-refractivity contribution is 0.282. The fourth-order valence-electron chi connectivity index (χ4n) is 0.583. The monoisotopic (exact) mass is 232 g/mol. The van der Waals surface area contributed by atoms with Crippen LogP contribution in [0.25, 0.3) is 0 Å². The third-order valence-electron chi connectivity index (χ3n) is 1.03. The predicted octanol–water partition coefficient (Wildman–Crippen LogP) is 3.18. The minimum Gasteiger partial charge on any atom is -0.397 e. The van der Waals surface area contributed by atoms with Gasteiger partial charge in [0.25, 0.3) is 0 Å². The van der Waals surface area contributed by atoms with Crippen LogP contribution in [0, 0.1) is 0 Å². The molecule has 1 rings (SSSR count). The standard InChI is InChI=1S/C7H8O.C2H5F.C2H6O.C2H6/c8-6-7-4-2-1-3-5-7;2*1-2-3;1-2/h1-5,8H,6H2;2H2,1H3;3H,2H2,1H3;1-2H3. The zero-order valence-electron chi connectivity index (χ0n) is 10.8. The van der Waals surface area contributed by atoms with Gasteiger partial charge < -0.3 is 10.2 Å². The van der Waals surface area contributed by atoms with E-state index in [1.807, 2.05) is 44.2 Å². The van der Waals surface area contributed by atoms with Crippen LogP contribution in [0.4, 0.5) is 4.39 Å². The second-order valence-corrected chi connectivity index (χ2v) is 2.23. The molecule has 3 heteroatoms. The molecule has 0 bridgehead atoms. The summed E-state index contributed by atoms with van der Waals surface area (Å²) < 4.78 is 10.3. The lowest BCUT2D eigenvalue weighted by Gasteiger charge is -1.89. The van der Waals surface area contributed by atoms with Crippen molar-refractivity contribution in [2.24, 2.45) is 0 Å². The highest BCUT2D eigenvalue weighted by Gasteiger charge is 1.81. The molecule has 0 saturated heterocycles. The molecule has 0 unspecified atom stereocenters. The van der Waals surface area contributed by atoms with Crippen molar-refractivity contribution < 1.29 is 14.6 Å². The SMILES string of the molecule is CC.CCF.CCO.OCc1ccccc1. The van der Waals surface area contributed by atoms with E-state index < -0.39 is 0 Å². The molecule has 1 aromatic rings. The van der Waals surface area contributed by atoms with E-state index >= 15 is 0 Å². The van der Waals surface area contributed by atoms with Crippen LogP contribution in [0.1, 0.15) is 33.3 Å². The van der Waals surface area contributed by atoms with Crippen molar-refractivity contribution >= 4 is 0 Å². The quantitative estimate of drug-likeness (QED) is 0.780. The molecule has 0 atom stereocenters. The first-order valence-corrected chi connectivity index (χ1v) is 5.58. The summed E-state index contributed by atoms with van der Waals surface area (Å²) in [4.78, 5) is 0. The summed E-state index contributed by atoms with van der Waals surface area (Å²) in [6, 6.07) is 9.52. The second kappa shape index (κ2) is 23.7. The van der Waals surface area contributed by atoms with E-state index in [4.69, 9.17) is 10.2 Å². The van der Waals surface area contributed by atoms with Gasteiger partial charge in [0.2, 0.25) is 0 Å². The van der Waals surface area contributed by atoms with Crippen LogP contribution in [-0.4, -0.2) is 23.5 Å². The molecule has 0 amide bonds. The highest BCUT2D eigenvalue weighted by Crippen LogP contribution is 1.95. The first kappa shape index (κ1) is 20.5.